The highest BCUT2D eigenvalue weighted by Gasteiger charge is 2.23. The van der Waals surface area contributed by atoms with Gasteiger partial charge in [-0.15, -0.1) is 0 Å². The standard InChI is InChI=1S/C16H16N2O/c19-16-15(17-9-10-18-16)14-8-4-7-13(11-14)12-5-2-1-3-6-12/h1-8,11,15,17H,9-10H2,(H,18,19)/t15-/m0/s1. The molecule has 3 nitrogen and oxygen atoms in total. The first-order valence-electron chi connectivity index (χ1n) is 6.51. The van der Waals surface area contributed by atoms with E-state index in [-0.39, 0.29) is 11.9 Å². The van der Waals surface area contributed by atoms with Crippen molar-refractivity contribution in [1.82, 2.24) is 10.6 Å². The van der Waals surface area contributed by atoms with E-state index in [9.17, 15) is 4.79 Å². The van der Waals surface area contributed by atoms with Gasteiger partial charge >= 0.3 is 0 Å². The number of piperazine rings is 1. The van der Waals surface area contributed by atoms with Gasteiger partial charge in [0.1, 0.15) is 6.04 Å². The molecule has 2 aromatic rings. The van der Waals surface area contributed by atoms with E-state index >= 15 is 0 Å². The summed E-state index contributed by atoms with van der Waals surface area (Å²) < 4.78 is 0. The van der Waals surface area contributed by atoms with Crippen molar-refractivity contribution in [3.63, 3.8) is 0 Å². The second-order valence-electron chi connectivity index (χ2n) is 4.67. The molecule has 19 heavy (non-hydrogen) atoms. The van der Waals surface area contributed by atoms with Gasteiger partial charge in [-0.25, -0.2) is 0 Å². The summed E-state index contributed by atoms with van der Waals surface area (Å²) in [6, 6.07) is 18.1. The fourth-order valence-electron chi connectivity index (χ4n) is 2.39. The molecule has 1 fully saturated rings. The summed E-state index contributed by atoms with van der Waals surface area (Å²) in [6.07, 6.45) is 0. The van der Waals surface area contributed by atoms with Gasteiger partial charge in [0.2, 0.25) is 5.91 Å². The molecule has 0 radical (unpaired) electrons. The summed E-state index contributed by atoms with van der Waals surface area (Å²) in [7, 11) is 0. The predicted molar refractivity (Wildman–Crippen MR) is 75.6 cm³/mol. The summed E-state index contributed by atoms with van der Waals surface area (Å²) in [5, 5.41) is 6.14. The quantitative estimate of drug-likeness (QED) is 0.859. The number of rotatable bonds is 2. The van der Waals surface area contributed by atoms with Crippen LogP contribution >= 0.6 is 0 Å². The summed E-state index contributed by atoms with van der Waals surface area (Å²) in [6.45, 7) is 1.51. The maximum atomic E-state index is 11.9. The van der Waals surface area contributed by atoms with E-state index in [1.807, 2.05) is 30.3 Å². The lowest BCUT2D eigenvalue weighted by Gasteiger charge is -2.24. The van der Waals surface area contributed by atoms with Crippen LogP contribution in [0.5, 0.6) is 0 Å². The van der Waals surface area contributed by atoms with E-state index in [2.05, 4.69) is 34.9 Å². The number of hydrogen-bond acceptors (Lipinski definition) is 2. The largest absolute Gasteiger partial charge is 0.353 e. The van der Waals surface area contributed by atoms with Crippen LogP contribution in [-0.4, -0.2) is 19.0 Å². The molecule has 3 rings (SSSR count). The van der Waals surface area contributed by atoms with Crippen molar-refractivity contribution in [1.29, 1.82) is 0 Å². The molecule has 1 aliphatic rings. The van der Waals surface area contributed by atoms with Crippen molar-refractivity contribution < 1.29 is 4.79 Å². The Morgan fingerprint density at radius 1 is 0.895 bits per heavy atom. The minimum atomic E-state index is -0.239. The lowest BCUT2D eigenvalue weighted by Crippen LogP contribution is -2.47. The Labute approximate surface area is 112 Å². The third-order valence-electron chi connectivity index (χ3n) is 3.36. The van der Waals surface area contributed by atoms with Gasteiger partial charge in [-0.3, -0.25) is 4.79 Å². The highest BCUT2D eigenvalue weighted by Crippen LogP contribution is 2.23. The van der Waals surface area contributed by atoms with E-state index in [1.54, 1.807) is 0 Å². The first kappa shape index (κ1) is 11.9. The molecule has 96 valence electrons. The molecule has 0 aliphatic carbocycles. The van der Waals surface area contributed by atoms with Gasteiger partial charge in [0.25, 0.3) is 0 Å². The van der Waals surface area contributed by atoms with Crippen molar-refractivity contribution in [2.24, 2.45) is 0 Å². The Balaban J connectivity index is 1.94. The fourth-order valence-corrected chi connectivity index (χ4v) is 2.39. The van der Waals surface area contributed by atoms with Gasteiger partial charge in [-0.2, -0.15) is 0 Å². The Morgan fingerprint density at radius 3 is 2.47 bits per heavy atom. The van der Waals surface area contributed by atoms with Crippen molar-refractivity contribution in [3.05, 3.63) is 60.2 Å². The van der Waals surface area contributed by atoms with Crippen molar-refractivity contribution in [2.75, 3.05) is 13.1 Å². The molecule has 0 unspecified atom stereocenters. The van der Waals surface area contributed by atoms with E-state index in [4.69, 9.17) is 0 Å². The van der Waals surface area contributed by atoms with Crippen LogP contribution in [0, 0.1) is 0 Å². The van der Waals surface area contributed by atoms with Gasteiger partial charge in [-0.1, -0.05) is 48.5 Å². The summed E-state index contributed by atoms with van der Waals surface area (Å²) in [5.74, 6) is 0.0523. The Morgan fingerprint density at radius 2 is 1.68 bits per heavy atom. The van der Waals surface area contributed by atoms with Crippen LogP contribution in [0.1, 0.15) is 11.6 Å². The molecule has 2 N–H and O–H groups in total. The van der Waals surface area contributed by atoms with Crippen molar-refractivity contribution in [2.45, 2.75) is 6.04 Å². The van der Waals surface area contributed by atoms with Crippen LogP contribution in [0.4, 0.5) is 0 Å². The number of amides is 1. The van der Waals surface area contributed by atoms with Crippen LogP contribution in [0.3, 0.4) is 0 Å². The average Bonchev–Trinajstić information content (AvgIpc) is 2.49. The van der Waals surface area contributed by atoms with E-state index in [1.165, 1.54) is 5.56 Å². The molecule has 2 aromatic carbocycles. The molecule has 3 heteroatoms. The second kappa shape index (κ2) is 5.24. The molecule has 0 aromatic heterocycles. The van der Waals surface area contributed by atoms with Gasteiger partial charge in [0, 0.05) is 13.1 Å². The molecule has 1 atom stereocenters. The van der Waals surface area contributed by atoms with Crippen LogP contribution in [0.15, 0.2) is 54.6 Å². The number of carbonyl (C=O) groups excluding carboxylic acids is 1. The summed E-state index contributed by atoms with van der Waals surface area (Å²) >= 11 is 0. The lowest BCUT2D eigenvalue weighted by molar-refractivity contribution is -0.124. The van der Waals surface area contributed by atoms with Gasteiger partial charge in [0.05, 0.1) is 0 Å². The van der Waals surface area contributed by atoms with Crippen LogP contribution in [0.2, 0.25) is 0 Å². The molecular weight excluding hydrogens is 236 g/mol. The summed E-state index contributed by atoms with van der Waals surface area (Å²) in [5.41, 5.74) is 3.32. The number of carbonyl (C=O) groups is 1. The molecule has 1 amide bonds. The highest BCUT2D eigenvalue weighted by molar-refractivity contribution is 5.84. The maximum absolute atomic E-state index is 11.9. The first-order chi connectivity index (χ1) is 9.34. The topological polar surface area (TPSA) is 41.1 Å². The predicted octanol–water partition coefficient (Wildman–Crippen LogP) is 2.11. The molecule has 0 spiro atoms. The SMILES string of the molecule is O=C1NCCN[C@H]1c1cccc(-c2ccccc2)c1. The smallest absolute Gasteiger partial charge is 0.241 e. The lowest BCUT2D eigenvalue weighted by atomic mass is 9.98. The normalized spacial score (nSPS) is 18.9. The fraction of sp³-hybridized carbons (Fsp3) is 0.188. The molecule has 1 saturated heterocycles. The van der Waals surface area contributed by atoms with E-state index in [0.717, 1.165) is 17.7 Å². The van der Waals surface area contributed by atoms with Gasteiger partial charge in [-0.05, 0) is 22.8 Å². The zero-order chi connectivity index (χ0) is 13.1. The Bertz CT molecular complexity index is 580. The highest BCUT2D eigenvalue weighted by atomic mass is 16.2. The Hall–Kier alpha value is -2.13. The van der Waals surface area contributed by atoms with E-state index in [0.29, 0.717) is 6.54 Å². The number of benzene rings is 2. The molecule has 1 heterocycles. The van der Waals surface area contributed by atoms with Crippen LogP contribution in [-0.2, 0) is 4.79 Å². The Kier molecular flexibility index (Phi) is 3.29. The minimum Gasteiger partial charge on any atom is -0.353 e. The van der Waals surface area contributed by atoms with Gasteiger partial charge in [0.15, 0.2) is 0 Å². The zero-order valence-electron chi connectivity index (χ0n) is 10.6. The average molecular weight is 252 g/mol. The van der Waals surface area contributed by atoms with Crippen molar-refractivity contribution in [3.8, 4) is 11.1 Å². The van der Waals surface area contributed by atoms with E-state index < -0.39 is 0 Å². The molecule has 1 aliphatic heterocycles. The third-order valence-corrected chi connectivity index (χ3v) is 3.36. The zero-order valence-corrected chi connectivity index (χ0v) is 10.6. The first-order valence-corrected chi connectivity index (χ1v) is 6.51. The van der Waals surface area contributed by atoms with Crippen LogP contribution in [0.25, 0.3) is 11.1 Å². The monoisotopic (exact) mass is 252 g/mol. The number of hydrogen-bond donors (Lipinski definition) is 2. The third kappa shape index (κ3) is 2.51. The number of nitrogens with one attached hydrogen (secondary N) is 2. The minimum absolute atomic E-state index is 0.0523. The molecule has 0 saturated carbocycles. The molecule has 0 bridgehead atoms. The maximum Gasteiger partial charge on any atom is 0.241 e. The second-order valence-corrected chi connectivity index (χ2v) is 4.67. The molecular formula is C16H16N2O. The van der Waals surface area contributed by atoms with Crippen molar-refractivity contribution >= 4 is 5.91 Å². The summed E-state index contributed by atoms with van der Waals surface area (Å²) in [4.78, 5) is 11.9. The van der Waals surface area contributed by atoms with Crippen LogP contribution < -0.4 is 10.6 Å². The van der Waals surface area contributed by atoms with Gasteiger partial charge < -0.3 is 10.6 Å².